The minimum absolute atomic E-state index is 0.0400. The Morgan fingerprint density at radius 3 is 2.50 bits per heavy atom. The molecule has 192 valence electrons. The van der Waals surface area contributed by atoms with Crippen molar-refractivity contribution < 1.29 is 0 Å². The summed E-state index contributed by atoms with van der Waals surface area (Å²) in [6, 6.07) is 34.0. The molecule has 0 spiro atoms. The van der Waals surface area contributed by atoms with E-state index < -0.39 is 0 Å². The summed E-state index contributed by atoms with van der Waals surface area (Å²) in [6.07, 6.45) is 7.83. The van der Waals surface area contributed by atoms with Crippen LogP contribution in [0.3, 0.4) is 0 Å². The molecule has 1 heteroatoms. The molecular formula is C39H31N. The number of rotatable bonds is 1. The summed E-state index contributed by atoms with van der Waals surface area (Å²) in [5.74, 6) is 1.34. The minimum Gasteiger partial charge on any atom is -0.252 e. The van der Waals surface area contributed by atoms with Crippen molar-refractivity contribution in [3.8, 4) is 22.3 Å². The van der Waals surface area contributed by atoms with Crippen molar-refractivity contribution in [1.29, 1.82) is 0 Å². The van der Waals surface area contributed by atoms with Gasteiger partial charge in [-0.25, -0.2) is 0 Å². The van der Waals surface area contributed by atoms with Gasteiger partial charge in [0.1, 0.15) is 0 Å². The van der Waals surface area contributed by atoms with Crippen molar-refractivity contribution in [3.63, 3.8) is 0 Å². The number of fused-ring (bicyclic) bond motifs is 13. The first-order valence-electron chi connectivity index (χ1n) is 14.8. The Morgan fingerprint density at radius 2 is 1.55 bits per heavy atom. The van der Waals surface area contributed by atoms with Gasteiger partial charge in [-0.1, -0.05) is 111 Å². The molecule has 1 saturated carbocycles. The van der Waals surface area contributed by atoms with Crippen LogP contribution in [-0.2, 0) is 5.41 Å². The van der Waals surface area contributed by atoms with E-state index in [1.54, 1.807) is 16.7 Å². The molecule has 0 aromatic heterocycles. The van der Waals surface area contributed by atoms with Gasteiger partial charge in [0.05, 0.1) is 5.69 Å². The van der Waals surface area contributed by atoms with Gasteiger partial charge in [0, 0.05) is 22.3 Å². The molecule has 5 aromatic rings. The molecule has 40 heavy (non-hydrogen) atoms. The molecule has 9 rings (SSSR count). The lowest BCUT2D eigenvalue weighted by molar-refractivity contribution is 0.650. The van der Waals surface area contributed by atoms with Gasteiger partial charge in [-0.2, -0.15) is 0 Å². The second kappa shape index (κ2) is 7.92. The van der Waals surface area contributed by atoms with Gasteiger partial charge in [0.15, 0.2) is 0 Å². The number of aliphatic imine (C=N–C) groups is 1. The number of nitrogens with zero attached hydrogens (tertiary/aromatic N) is 1. The van der Waals surface area contributed by atoms with Crippen molar-refractivity contribution in [2.45, 2.75) is 50.4 Å². The fraction of sp³-hybridized carbons (Fsp3) is 0.205. The first-order chi connectivity index (χ1) is 19.6. The van der Waals surface area contributed by atoms with Gasteiger partial charge >= 0.3 is 0 Å². The molecule has 1 aliphatic heterocycles. The standard InChI is InChI=1S/C39H31N/c1-39(2)33-16-9-15-29(34-17-8-7-14-27-24-11-4-3-10-23(24)18-21-35(27)40-34)36(33)30-20-19-28-25-12-5-6-13-26(25)31-22-32(31)37(28)38(30)39/h3-7,9-16,18-21,31-32H,8,17,22H2,1-2H3/b14-7-,40-34?. The fourth-order valence-corrected chi connectivity index (χ4v) is 8.16. The summed E-state index contributed by atoms with van der Waals surface area (Å²) in [7, 11) is 0. The second-order valence-corrected chi connectivity index (χ2v) is 12.6. The maximum atomic E-state index is 5.42. The highest BCUT2D eigenvalue weighted by Crippen LogP contribution is 2.66. The Kier molecular flexibility index (Phi) is 4.47. The summed E-state index contributed by atoms with van der Waals surface area (Å²) in [5, 5.41) is 2.54. The Labute approximate surface area is 235 Å². The zero-order valence-corrected chi connectivity index (χ0v) is 23.0. The number of benzene rings is 5. The summed E-state index contributed by atoms with van der Waals surface area (Å²) in [4.78, 5) is 5.42. The van der Waals surface area contributed by atoms with Crippen LogP contribution in [0.4, 0.5) is 5.69 Å². The van der Waals surface area contributed by atoms with E-state index in [4.69, 9.17) is 4.99 Å². The molecule has 2 unspecified atom stereocenters. The maximum Gasteiger partial charge on any atom is 0.0711 e. The zero-order valence-electron chi connectivity index (χ0n) is 23.0. The van der Waals surface area contributed by atoms with Gasteiger partial charge in [0.2, 0.25) is 0 Å². The molecule has 4 aliphatic rings. The van der Waals surface area contributed by atoms with E-state index in [1.807, 2.05) is 0 Å². The molecule has 2 atom stereocenters. The first kappa shape index (κ1) is 22.6. The Bertz CT molecular complexity index is 1970. The lowest BCUT2D eigenvalue weighted by Crippen LogP contribution is -2.19. The number of hydrogen-bond acceptors (Lipinski definition) is 1. The largest absolute Gasteiger partial charge is 0.252 e. The third-order valence-corrected chi connectivity index (χ3v) is 10.0. The lowest BCUT2D eigenvalue weighted by Gasteiger charge is -2.29. The van der Waals surface area contributed by atoms with Crippen LogP contribution in [0.25, 0.3) is 39.1 Å². The first-order valence-corrected chi connectivity index (χ1v) is 14.8. The molecule has 0 N–H and O–H groups in total. The summed E-state index contributed by atoms with van der Waals surface area (Å²) < 4.78 is 0. The summed E-state index contributed by atoms with van der Waals surface area (Å²) >= 11 is 0. The molecule has 0 bridgehead atoms. The molecule has 3 aliphatic carbocycles. The van der Waals surface area contributed by atoms with Crippen LogP contribution in [0.15, 0.2) is 102 Å². The van der Waals surface area contributed by atoms with Gasteiger partial charge < -0.3 is 0 Å². The number of allylic oxidation sites excluding steroid dienone is 1. The molecule has 1 heterocycles. The van der Waals surface area contributed by atoms with Gasteiger partial charge in [-0.3, -0.25) is 4.99 Å². The van der Waals surface area contributed by atoms with Gasteiger partial charge in [-0.15, -0.1) is 0 Å². The third kappa shape index (κ3) is 2.96. The van der Waals surface area contributed by atoms with Crippen LogP contribution >= 0.6 is 0 Å². The monoisotopic (exact) mass is 513 g/mol. The Morgan fingerprint density at radius 1 is 0.725 bits per heavy atom. The quantitative estimate of drug-likeness (QED) is 0.211. The molecule has 1 fully saturated rings. The van der Waals surface area contributed by atoms with Crippen LogP contribution < -0.4 is 0 Å². The van der Waals surface area contributed by atoms with E-state index in [-0.39, 0.29) is 5.41 Å². The van der Waals surface area contributed by atoms with Crippen molar-refractivity contribution in [3.05, 3.63) is 130 Å². The van der Waals surface area contributed by atoms with Gasteiger partial charge in [0.25, 0.3) is 0 Å². The highest BCUT2D eigenvalue weighted by Gasteiger charge is 2.50. The molecule has 0 saturated heterocycles. The molecular weight excluding hydrogens is 482 g/mol. The van der Waals surface area contributed by atoms with Gasteiger partial charge in [-0.05, 0) is 92.4 Å². The highest BCUT2D eigenvalue weighted by molar-refractivity contribution is 6.11. The molecule has 0 amide bonds. The topological polar surface area (TPSA) is 12.4 Å². The average molecular weight is 514 g/mol. The van der Waals surface area contributed by atoms with E-state index in [0.29, 0.717) is 11.8 Å². The second-order valence-electron chi connectivity index (χ2n) is 12.6. The van der Waals surface area contributed by atoms with E-state index in [2.05, 4.69) is 117 Å². The normalized spacial score (nSPS) is 21.5. The summed E-state index contributed by atoms with van der Waals surface area (Å²) in [5.41, 5.74) is 16.7. The molecule has 1 nitrogen and oxygen atoms in total. The van der Waals surface area contributed by atoms with E-state index >= 15 is 0 Å². The SMILES string of the molecule is CC1(C)c2cccc(C3=Nc4ccc5ccccc5c4/C=C\CC3)c2-c2ccc3c(c21)C1CC1c1ccccc1-3. The third-order valence-electron chi connectivity index (χ3n) is 10.0. The smallest absolute Gasteiger partial charge is 0.0711 e. The predicted octanol–water partition coefficient (Wildman–Crippen LogP) is 10.3. The van der Waals surface area contributed by atoms with Crippen LogP contribution in [-0.4, -0.2) is 5.71 Å². The molecule has 5 aromatic carbocycles. The maximum absolute atomic E-state index is 5.42. The minimum atomic E-state index is -0.0400. The van der Waals surface area contributed by atoms with Crippen molar-refractivity contribution >= 4 is 28.2 Å². The summed E-state index contributed by atoms with van der Waals surface area (Å²) in [6.45, 7) is 4.90. The lowest BCUT2D eigenvalue weighted by atomic mass is 9.74. The van der Waals surface area contributed by atoms with Crippen molar-refractivity contribution in [1.82, 2.24) is 0 Å². The fourth-order valence-electron chi connectivity index (χ4n) is 8.16. The van der Waals surface area contributed by atoms with E-state index in [1.165, 1.54) is 61.8 Å². The predicted molar refractivity (Wildman–Crippen MR) is 168 cm³/mol. The van der Waals surface area contributed by atoms with Crippen molar-refractivity contribution in [2.24, 2.45) is 4.99 Å². The van der Waals surface area contributed by atoms with E-state index in [0.717, 1.165) is 18.5 Å². The van der Waals surface area contributed by atoms with Crippen molar-refractivity contribution in [2.75, 3.05) is 0 Å². The highest BCUT2D eigenvalue weighted by atomic mass is 14.8. The Balaban J connectivity index is 1.27. The van der Waals surface area contributed by atoms with Crippen LogP contribution in [0, 0.1) is 0 Å². The molecule has 0 radical (unpaired) electrons. The number of hydrogen-bond donors (Lipinski definition) is 0. The Hall–Kier alpha value is -4.23. The van der Waals surface area contributed by atoms with Crippen LogP contribution in [0.5, 0.6) is 0 Å². The average Bonchev–Trinajstić information content (AvgIpc) is 3.74. The van der Waals surface area contributed by atoms with Crippen LogP contribution in [0.1, 0.15) is 78.3 Å². The van der Waals surface area contributed by atoms with Crippen LogP contribution in [0.2, 0.25) is 0 Å². The zero-order chi connectivity index (χ0) is 26.6. The van der Waals surface area contributed by atoms with E-state index in [9.17, 15) is 0 Å².